The van der Waals surface area contributed by atoms with Gasteiger partial charge in [0.05, 0.1) is 19.8 Å². The van der Waals surface area contributed by atoms with E-state index < -0.39 is 8.60 Å². The summed E-state index contributed by atoms with van der Waals surface area (Å²) in [6.07, 6.45) is 22.8. The molecule has 1 fully saturated rings. The molecule has 0 aliphatic carbocycles. The van der Waals surface area contributed by atoms with Gasteiger partial charge < -0.3 is 23.6 Å². The molecule has 1 aliphatic rings. The van der Waals surface area contributed by atoms with Gasteiger partial charge in [-0.25, -0.2) is 0 Å². The number of carbonyl (C=O) groups is 1. The number of likely N-dealkylation sites (tertiary alicyclic amines) is 1. The van der Waals surface area contributed by atoms with Gasteiger partial charge in [-0.15, -0.1) is 0 Å². The second-order valence-electron chi connectivity index (χ2n) is 10.9. The van der Waals surface area contributed by atoms with Crippen LogP contribution < -0.4 is 0 Å². The van der Waals surface area contributed by atoms with Gasteiger partial charge in [-0.2, -0.15) is 0 Å². The molecule has 6 nitrogen and oxygen atoms in total. The van der Waals surface area contributed by atoms with Crippen LogP contribution in [0.1, 0.15) is 136 Å². The summed E-state index contributed by atoms with van der Waals surface area (Å²) in [5, 5.41) is 0. The van der Waals surface area contributed by atoms with Crippen LogP contribution >= 0.6 is 8.60 Å². The first kappa shape index (κ1) is 34.9. The van der Waals surface area contributed by atoms with E-state index in [9.17, 15) is 9.69 Å². The Morgan fingerprint density at radius 1 is 0.757 bits per heavy atom. The first-order valence-electron chi connectivity index (χ1n) is 15.7. The van der Waals surface area contributed by atoms with Gasteiger partial charge in [-0.1, -0.05) is 90.9 Å². The molecule has 1 heterocycles. The number of Topliss-reactive ketones (excluding diaryl/α,β-unsaturated/α-hetero) is 1. The molecule has 7 heteroatoms. The highest BCUT2D eigenvalue weighted by Gasteiger charge is 2.18. The van der Waals surface area contributed by atoms with E-state index in [1.165, 1.54) is 103 Å². The highest BCUT2D eigenvalue weighted by atomic mass is 31.2. The summed E-state index contributed by atoms with van der Waals surface area (Å²) in [7, 11) is -1.89. The van der Waals surface area contributed by atoms with Crippen molar-refractivity contribution in [1.29, 1.82) is 0 Å². The van der Waals surface area contributed by atoms with E-state index in [-0.39, 0.29) is 11.7 Å². The van der Waals surface area contributed by atoms with E-state index in [2.05, 4.69) is 11.8 Å². The zero-order chi connectivity index (χ0) is 26.8. The van der Waals surface area contributed by atoms with Gasteiger partial charge in [0.1, 0.15) is 5.78 Å². The van der Waals surface area contributed by atoms with E-state index in [1.54, 1.807) is 0 Å². The Kier molecular flexibility index (Phi) is 24.7. The maximum absolute atomic E-state index is 12.2. The number of nitrogens with zero attached hydrogens (tertiary/aromatic N) is 1. The Morgan fingerprint density at radius 3 is 1.95 bits per heavy atom. The Hall–Kier alpha value is -0.100. The summed E-state index contributed by atoms with van der Waals surface area (Å²) < 4.78 is 17.0. The lowest BCUT2D eigenvalue weighted by atomic mass is 10.0. The number of unbranched alkanes of at least 4 members (excludes halogenated alkanes) is 12. The summed E-state index contributed by atoms with van der Waals surface area (Å²) in [4.78, 5) is 24.7. The van der Waals surface area contributed by atoms with Gasteiger partial charge in [-0.3, -0.25) is 4.79 Å². The van der Waals surface area contributed by atoms with Crippen molar-refractivity contribution in [2.45, 2.75) is 136 Å². The van der Waals surface area contributed by atoms with Crippen molar-refractivity contribution in [3.63, 3.8) is 0 Å². The number of ether oxygens (including phenoxy) is 1. The molecule has 1 aliphatic heterocycles. The average Bonchev–Trinajstić information content (AvgIpc) is 3.41. The van der Waals surface area contributed by atoms with Gasteiger partial charge in [0, 0.05) is 31.9 Å². The van der Waals surface area contributed by atoms with E-state index in [1.807, 2.05) is 6.92 Å². The zero-order valence-electron chi connectivity index (χ0n) is 24.4. The Bertz CT molecular complexity index is 504. The molecule has 0 aromatic heterocycles. The molecule has 0 bridgehead atoms. The van der Waals surface area contributed by atoms with Crippen LogP contribution in [0.25, 0.3) is 0 Å². The minimum absolute atomic E-state index is 0.0219. The molecular weight excluding hydrogens is 485 g/mol. The van der Waals surface area contributed by atoms with E-state index >= 15 is 0 Å². The van der Waals surface area contributed by atoms with Gasteiger partial charge in [0.25, 0.3) is 0 Å². The Morgan fingerprint density at radius 2 is 1.35 bits per heavy atom. The minimum Gasteiger partial charge on any atom is -0.381 e. The first-order valence-corrected chi connectivity index (χ1v) is 16.8. The summed E-state index contributed by atoms with van der Waals surface area (Å²) >= 11 is 0. The summed E-state index contributed by atoms with van der Waals surface area (Å²) in [5.74, 6) is 0.223. The Balaban J connectivity index is 2.04. The van der Waals surface area contributed by atoms with Crippen LogP contribution in [0.15, 0.2) is 0 Å². The lowest BCUT2D eigenvalue weighted by Crippen LogP contribution is -2.21. The molecule has 1 rings (SSSR count). The first-order chi connectivity index (χ1) is 18.2. The predicted molar refractivity (Wildman–Crippen MR) is 156 cm³/mol. The molecule has 0 radical (unpaired) electrons. The monoisotopic (exact) mass is 545 g/mol. The smallest absolute Gasteiger partial charge is 0.329 e. The van der Waals surface area contributed by atoms with Crippen LogP contribution in [0.2, 0.25) is 0 Å². The molecule has 37 heavy (non-hydrogen) atoms. The SMILES string of the molecule is CCCCCCCCCCCCCCCOCC(COP(O)OCCCN1CCCC1)CC(=O)CCC. The normalized spacial score (nSPS) is 15.9. The third kappa shape index (κ3) is 22.4. The van der Waals surface area contributed by atoms with Gasteiger partial charge in [-0.05, 0) is 45.2 Å². The second-order valence-corrected chi connectivity index (χ2v) is 11.9. The van der Waals surface area contributed by atoms with Crippen LogP contribution in [-0.2, 0) is 18.6 Å². The van der Waals surface area contributed by atoms with Crippen molar-refractivity contribution >= 4 is 14.4 Å². The lowest BCUT2D eigenvalue weighted by Gasteiger charge is -2.19. The highest BCUT2D eigenvalue weighted by molar-refractivity contribution is 7.40. The molecule has 0 aromatic rings. The quantitative estimate of drug-likeness (QED) is 0.0789. The molecule has 0 aromatic carbocycles. The molecule has 1 N–H and O–H groups in total. The van der Waals surface area contributed by atoms with Crippen LogP contribution in [0.3, 0.4) is 0 Å². The average molecular weight is 546 g/mol. The third-order valence-corrected chi connectivity index (χ3v) is 8.00. The minimum atomic E-state index is -1.89. The van der Waals surface area contributed by atoms with Crippen molar-refractivity contribution in [2.24, 2.45) is 5.92 Å². The molecule has 2 unspecified atom stereocenters. The topological polar surface area (TPSA) is 68.2 Å². The molecule has 2 atom stereocenters. The Labute approximate surface area is 230 Å². The molecule has 0 spiro atoms. The predicted octanol–water partition coefficient (Wildman–Crippen LogP) is 8.21. The van der Waals surface area contributed by atoms with Crippen LogP contribution in [0, 0.1) is 5.92 Å². The fourth-order valence-electron chi connectivity index (χ4n) is 4.98. The number of carbonyl (C=O) groups excluding carboxylic acids is 1. The summed E-state index contributed by atoms with van der Waals surface area (Å²) in [6.45, 7) is 9.73. The van der Waals surface area contributed by atoms with Crippen molar-refractivity contribution < 1.29 is 23.5 Å². The molecule has 220 valence electrons. The van der Waals surface area contributed by atoms with Gasteiger partial charge >= 0.3 is 8.60 Å². The van der Waals surface area contributed by atoms with Crippen LogP contribution in [-0.4, -0.2) is 61.6 Å². The molecule has 1 saturated heterocycles. The van der Waals surface area contributed by atoms with Crippen molar-refractivity contribution in [3.05, 3.63) is 0 Å². The molecular formula is C30H60NO5P. The van der Waals surface area contributed by atoms with Crippen molar-refractivity contribution in [1.82, 2.24) is 4.90 Å². The van der Waals surface area contributed by atoms with Gasteiger partial charge in [0.2, 0.25) is 0 Å². The van der Waals surface area contributed by atoms with E-state index in [4.69, 9.17) is 13.8 Å². The second kappa shape index (κ2) is 26.1. The number of hydrogen-bond donors (Lipinski definition) is 1. The maximum atomic E-state index is 12.2. The molecule has 0 saturated carbocycles. The van der Waals surface area contributed by atoms with Crippen LogP contribution in [0.4, 0.5) is 0 Å². The van der Waals surface area contributed by atoms with E-state index in [0.29, 0.717) is 32.7 Å². The largest absolute Gasteiger partial charge is 0.381 e. The highest BCUT2D eigenvalue weighted by Crippen LogP contribution is 2.34. The zero-order valence-corrected chi connectivity index (χ0v) is 25.3. The third-order valence-electron chi connectivity index (χ3n) is 7.23. The fraction of sp³-hybridized carbons (Fsp3) is 0.967. The van der Waals surface area contributed by atoms with Crippen molar-refractivity contribution in [3.8, 4) is 0 Å². The maximum Gasteiger partial charge on any atom is 0.329 e. The van der Waals surface area contributed by atoms with Gasteiger partial charge in [0.15, 0.2) is 0 Å². The fourth-order valence-corrected chi connectivity index (χ4v) is 5.68. The number of ketones is 1. The van der Waals surface area contributed by atoms with Crippen LogP contribution in [0.5, 0.6) is 0 Å². The number of hydrogen-bond acceptors (Lipinski definition) is 6. The number of rotatable bonds is 28. The van der Waals surface area contributed by atoms with E-state index in [0.717, 1.165) is 32.4 Å². The standard InChI is InChI=1S/C30H60NO5P/c1-3-5-6-7-8-9-10-11-12-13-14-15-18-24-34-27-29(26-30(32)20-4-2)28-36-37(33)35-25-19-23-31-21-16-17-22-31/h29,33H,3-28H2,1-2H3. The van der Waals surface area contributed by atoms with Crippen molar-refractivity contribution in [2.75, 3.05) is 46.1 Å². The lowest BCUT2D eigenvalue weighted by molar-refractivity contribution is -0.120. The molecule has 0 amide bonds. The summed E-state index contributed by atoms with van der Waals surface area (Å²) in [5.41, 5.74) is 0. The summed E-state index contributed by atoms with van der Waals surface area (Å²) in [6, 6.07) is 0.